The molecular formula is C8H18N2O5S. The van der Waals surface area contributed by atoms with Gasteiger partial charge in [-0.25, -0.2) is 8.42 Å². The van der Waals surface area contributed by atoms with E-state index in [0.717, 1.165) is 0 Å². The molecule has 3 N–H and O–H groups in total. The minimum absolute atomic E-state index is 0.0737. The summed E-state index contributed by atoms with van der Waals surface area (Å²) in [6, 6.07) is -1.04. The van der Waals surface area contributed by atoms with E-state index in [4.69, 9.17) is 10.5 Å². The largest absolute Gasteiger partial charge is 0.468 e. The van der Waals surface area contributed by atoms with Crippen molar-refractivity contribution in [3.63, 3.8) is 0 Å². The second-order valence-electron chi connectivity index (χ2n) is 2.95. The lowest BCUT2D eigenvalue weighted by molar-refractivity contribution is -0.142. The summed E-state index contributed by atoms with van der Waals surface area (Å²) in [7, 11) is -2.41. The first-order valence-electron chi connectivity index (χ1n) is 4.82. The van der Waals surface area contributed by atoms with Gasteiger partial charge in [0, 0.05) is 13.2 Å². The molecule has 0 aliphatic heterocycles. The molecule has 0 aromatic rings. The van der Waals surface area contributed by atoms with Gasteiger partial charge in [0.2, 0.25) is 10.0 Å². The van der Waals surface area contributed by atoms with Gasteiger partial charge in [0.1, 0.15) is 6.04 Å². The molecule has 1 atom stereocenters. The Balaban J connectivity index is 4.26. The highest BCUT2D eigenvalue weighted by atomic mass is 32.2. The number of hydrogen-bond acceptors (Lipinski definition) is 6. The number of esters is 1. The van der Waals surface area contributed by atoms with Crippen molar-refractivity contribution in [2.45, 2.75) is 13.0 Å². The summed E-state index contributed by atoms with van der Waals surface area (Å²) < 4.78 is 34.3. The Kier molecular flexibility index (Phi) is 7.22. The highest BCUT2D eigenvalue weighted by Crippen LogP contribution is 1.92. The lowest BCUT2D eigenvalue weighted by atomic mass is 10.3. The molecule has 0 aromatic heterocycles. The van der Waals surface area contributed by atoms with Crippen LogP contribution in [0.4, 0.5) is 0 Å². The number of sulfonamides is 1. The molecular weight excluding hydrogens is 236 g/mol. The average molecular weight is 254 g/mol. The van der Waals surface area contributed by atoms with Crippen molar-refractivity contribution in [2.24, 2.45) is 5.73 Å². The molecule has 0 heterocycles. The number of hydrogen-bond donors (Lipinski definition) is 2. The number of ether oxygens (including phenoxy) is 2. The zero-order chi connectivity index (χ0) is 12.6. The van der Waals surface area contributed by atoms with Gasteiger partial charge in [-0.1, -0.05) is 0 Å². The lowest BCUT2D eigenvalue weighted by Gasteiger charge is -2.14. The van der Waals surface area contributed by atoms with Crippen molar-refractivity contribution in [1.82, 2.24) is 4.72 Å². The predicted octanol–water partition coefficient (Wildman–Crippen LogP) is -1.56. The smallest absolute Gasteiger partial charge is 0.325 e. The van der Waals surface area contributed by atoms with Gasteiger partial charge >= 0.3 is 5.97 Å². The number of nitrogens with two attached hydrogens (primary N) is 1. The van der Waals surface area contributed by atoms with Gasteiger partial charge in [0.15, 0.2) is 0 Å². The number of methoxy groups -OCH3 is 1. The first kappa shape index (κ1) is 15.3. The Morgan fingerprint density at radius 1 is 1.50 bits per heavy atom. The second kappa shape index (κ2) is 7.55. The van der Waals surface area contributed by atoms with Crippen molar-refractivity contribution < 1.29 is 22.7 Å². The van der Waals surface area contributed by atoms with Gasteiger partial charge < -0.3 is 15.2 Å². The Labute approximate surface area is 95.3 Å². The maximum absolute atomic E-state index is 11.4. The van der Waals surface area contributed by atoms with Crippen LogP contribution in [0.2, 0.25) is 0 Å². The zero-order valence-electron chi connectivity index (χ0n) is 9.43. The van der Waals surface area contributed by atoms with Crippen LogP contribution in [0, 0.1) is 0 Å². The van der Waals surface area contributed by atoms with Gasteiger partial charge in [-0.3, -0.25) is 4.79 Å². The molecule has 16 heavy (non-hydrogen) atoms. The number of carbonyl (C=O) groups excluding carboxylic acids is 1. The highest BCUT2D eigenvalue weighted by Gasteiger charge is 2.23. The second-order valence-corrected chi connectivity index (χ2v) is 4.82. The first-order valence-corrected chi connectivity index (χ1v) is 6.47. The molecule has 0 spiro atoms. The molecule has 0 aliphatic carbocycles. The standard InChI is InChI=1S/C8H18N2O5S/c1-3-15-4-5-16(12,13)10-7(6-9)8(11)14-2/h7,10H,3-6,9H2,1-2H3/t7-/m0/s1. The third-order valence-electron chi connectivity index (χ3n) is 1.74. The first-order chi connectivity index (χ1) is 7.46. The van der Waals surface area contributed by atoms with Gasteiger partial charge in [0.25, 0.3) is 0 Å². The molecule has 8 heteroatoms. The lowest BCUT2D eigenvalue weighted by Crippen LogP contribution is -2.47. The van der Waals surface area contributed by atoms with E-state index in [1.54, 1.807) is 6.92 Å². The van der Waals surface area contributed by atoms with E-state index in [9.17, 15) is 13.2 Å². The number of rotatable bonds is 8. The fourth-order valence-corrected chi connectivity index (χ4v) is 2.00. The normalized spacial score (nSPS) is 13.4. The van der Waals surface area contributed by atoms with Crippen LogP contribution < -0.4 is 10.5 Å². The van der Waals surface area contributed by atoms with E-state index in [0.29, 0.717) is 6.61 Å². The third kappa shape index (κ3) is 6.01. The van der Waals surface area contributed by atoms with Gasteiger partial charge in [-0.2, -0.15) is 4.72 Å². The fraction of sp³-hybridized carbons (Fsp3) is 0.875. The maximum Gasteiger partial charge on any atom is 0.325 e. The molecule has 0 bridgehead atoms. The van der Waals surface area contributed by atoms with Gasteiger partial charge in [-0.15, -0.1) is 0 Å². The predicted molar refractivity (Wildman–Crippen MR) is 58.3 cm³/mol. The van der Waals surface area contributed by atoms with Crippen LogP contribution in [-0.2, 0) is 24.3 Å². The fourth-order valence-electron chi connectivity index (χ4n) is 0.923. The molecule has 0 unspecified atom stereocenters. The van der Waals surface area contributed by atoms with E-state index in [1.165, 1.54) is 7.11 Å². The monoisotopic (exact) mass is 254 g/mol. The summed E-state index contributed by atoms with van der Waals surface area (Å²) in [5, 5.41) is 0. The van der Waals surface area contributed by atoms with E-state index in [1.807, 2.05) is 0 Å². The van der Waals surface area contributed by atoms with Crippen LogP contribution in [0.5, 0.6) is 0 Å². The summed E-state index contributed by atoms with van der Waals surface area (Å²) in [4.78, 5) is 11.1. The Morgan fingerprint density at radius 2 is 2.12 bits per heavy atom. The molecule has 7 nitrogen and oxygen atoms in total. The summed E-state index contributed by atoms with van der Waals surface area (Å²) in [6.45, 7) is 2.12. The van der Waals surface area contributed by atoms with Crippen molar-refractivity contribution in [3.8, 4) is 0 Å². The van der Waals surface area contributed by atoms with Crippen LogP contribution in [0.15, 0.2) is 0 Å². The molecule has 0 radical (unpaired) electrons. The topological polar surface area (TPSA) is 108 Å². The molecule has 96 valence electrons. The van der Waals surface area contributed by atoms with E-state index >= 15 is 0 Å². The quantitative estimate of drug-likeness (QED) is 0.401. The van der Waals surface area contributed by atoms with Crippen molar-refractivity contribution in [3.05, 3.63) is 0 Å². The number of nitrogens with one attached hydrogen (secondary N) is 1. The van der Waals surface area contributed by atoms with E-state index in [2.05, 4.69) is 9.46 Å². The Hall–Kier alpha value is -0.700. The minimum Gasteiger partial charge on any atom is -0.468 e. The maximum atomic E-state index is 11.4. The molecule has 0 saturated heterocycles. The average Bonchev–Trinajstić information content (AvgIpc) is 2.25. The van der Waals surface area contributed by atoms with Crippen molar-refractivity contribution >= 4 is 16.0 Å². The van der Waals surface area contributed by atoms with Crippen LogP contribution in [0.1, 0.15) is 6.92 Å². The van der Waals surface area contributed by atoms with Crippen molar-refractivity contribution in [1.29, 1.82) is 0 Å². The van der Waals surface area contributed by atoms with E-state index < -0.39 is 22.0 Å². The summed E-state index contributed by atoms with van der Waals surface area (Å²) in [5.41, 5.74) is 5.25. The van der Waals surface area contributed by atoms with Crippen LogP contribution in [-0.4, -0.2) is 53.1 Å². The molecule has 0 amide bonds. The molecule has 0 aromatic carbocycles. The zero-order valence-corrected chi connectivity index (χ0v) is 10.2. The van der Waals surface area contributed by atoms with Crippen LogP contribution in [0.25, 0.3) is 0 Å². The van der Waals surface area contributed by atoms with E-state index in [-0.39, 0.29) is 18.9 Å². The molecule has 0 rings (SSSR count). The Morgan fingerprint density at radius 3 is 2.56 bits per heavy atom. The SMILES string of the molecule is CCOCCS(=O)(=O)N[C@@H](CN)C(=O)OC. The van der Waals surface area contributed by atoms with Crippen molar-refractivity contribution in [2.75, 3.05) is 32.6 Å². The molecule has 0 saturated carbocycles. The molecule has 0 fully saturated rings. The van der Waals surface area contributed by atoms with Crippen LogP contribution >= 0.6 is 0 Å². The minimum atomic E-state index is -3.58. The third-order valence-corrected chi connectivity index (χ3v) is 3.09. The summed E-state index contributed by atoms with van der Waals surface area (Å²) in [5.74, 6) is -0.920. The molecule has 0 aliphatic rings. The number of carbonyl (C=O) groups is 1. The summed E-state index contributed by atoms with van der Waals surface area (Å²) in [6.07, 6.45) is 0. The highest BCUT2D eigenvalue weighted by molar-refractivity contribution is 7.89. The van der Waals surface area contributed by atoms with Gasteiger partial charge in [0.05, 0.1) is 19.5 Å². The van der Waals surface area contributed by atoms with Gasteiger partial charge in [-0.05, 0) is 6.92 Å². The Bertz CT molecular complexity index is 304. The van der Waals surface area contributed by atoms with Crippen LogP contribution in [0.3, 0.4) is 0 Å². The summed E-state index contributed by atoms with van der Waals surface area (Å²) >= 11 is 0.